The van der Waals surface area contributed by atoms with E-state index in [4.69, 9.17) is 9.47 Å². The van der Waals surface area contributed by atoms with E-state index in [1.54, 1.807) is 30.3 Å². The molecule has 154 valence electrons. The normalized spacial score (nSPS) is 24.1. The van der Waals surface area contributed by atoms with Gasteiger partial charge in [0.05, 0.1) is 12.5 Å². The van der Waals surface area contributed by atoms with E-state index in [-0.39, 0.29) is 18.5 Å². The number of ether oxygens (including phenoxy) is 2. The number of alkyl halides is 3. The monoisotopic (exact) mass is 411 g/mol. The largest absolute Gasteiger partial charge is 0.445 e. The number of hydrogen-bond donors (Lipinski definition) is 1. The SMILES string of the molecule is O=C[C@@H]1[C@@H](C(F)(F)F)OC[C@@]1(NC(=O)OCc1ccccc1)c1ccccc1F. The molecular weight excluding hydrogens is 394 g/mol. The maximum atomic E-state index is 14.5. The van der Waals surface area contributed by atoms with Crippen molar-refractivity contribution in [3.63, 3.8) is 0 Å². The van der Waals surface area contributed by atoms with Crippen molar-refractivity contribution in [2.75, 3.05) is 6.61 Å². The molecule has 0 spiro atoms. The highest BCUT2D eigenvalue weighted by Crippen LogP contribution is 2.45. The first-order chi connectivity index (χ1) is 13.8. The number of carbonyl (C=O) groups is 2. The Morgan fingerprint density at radius 1 is 1.17 bits per heavy atom. The van der Waals surface area contributed by atoms with E-state index in [1.807, 2.05) is 0 Å². The molecule has 5 nitrogen and oxygen atoms in total. The summed E-state index contributed by atoms with van der Waals surface area (Å²) in [5, 5.41) is 2.27. The van der Waals surface area contributed by atoms with Gasteiger partial charge in [0.1, 0.15) is 24.2 Å². The predicted molar refractivity (Wildman–Crippen MR) is 93.2 cm³/mol. The highest BCUT2D eigenvalue weighted by atomic mass is 19.4. The van der Waals surface area contributed by atoms with Gasteiger partial charge in [0.25, 0.3) is 0 Å². The lowest BCUT2D eigenvalue weighted by Gasteiger charge is -2.34. The fourth-order valence-electron chi connectivity index (χ4n) is 3.37. The number of benzene rings is 2. The Morgan fingerprint density at radius 3 is 2.45 bits per heavy atom. The lowest BCUT2D eigenvalue weighted by molar-refractivity contribution is -0.215. The van der Waals surface area contributed by atoms with Crippen LogP contribution < -0.4 is 5.32 Å². The molecule has 29 heavy (non-hydrogen) atoms. The Hall–Kier alpha value is -2.94. The summed E-state index contributed by atoms with van der Waals surface area (Å²) >= 11 is 0. The Bertz CT molecular complexity index is 874. The van der Waals surface area contributed by atoms with Crippen LogP contribution >= 0.6 is 0 Å². The summed E-state index contributed by atoms with van der Waals surface area (Å²) in [6.45, 7) is -0.905. The van der Waals surface area contributed by atoms with E-state index in [9.17, 15) is 27.2 Å². The molecule has 1 fully saturated rings. The summed E-state index contributed by atoms with van der Waals surface area (Å²) < 4.78 is 64.4. The summed E-state index contributed by atoms with van der Waals surface area (Å²) in [5.41, 5.74) is -1.72. The zero-order valence-corrected chi connectivity index (χ0v) is 15.0. The zero-order valence-electron chi connectivity index (χ0n) is 15.0. The van der Waals surface area contributed by atoms with Gasteiger partial charge < -0.3 is 19.6 Å². The fourth-order valence-corrected chi connectivity index (χ4v) is 3.37. The number of amides is 1. The van der Waals surface area contributed by atoms with Crippen LogP contribution in [-0.4, -0.2) is 31.3 Å². The van der Waals surface area contributed by atoms with Gasteiger partial charge in [0.15, 0.2) is 6.10 Å². The molecule has 1 aliphatic heterocycles. The molecule has 0 aromatic heterocycles. The maximum Gasteiger partial charge on any atom is 0.415 e. The zero-order chi connectivity index (χ0) is 21.1. The predicted octanol–water partition coefficient (Wildman–Crippen LogP) is 3.72. The summed E-state index contributed by atoms with van der Waals surface area (Å²) in [6.07, 6.45) is -8.45. The molecule has 2 aromatic carbocycles. The van der Waals surface area contributed by atoms with Crippen molar-refractivity contribution in [2.45, 2.75) is 24.4 Å². The molecule has 1 saturated heterocycles. The fraction of sp³-hybridized carbons (Fsp3) is 0.300. The number of hydrogen-bond acceptors (Lipinski definition) is 4. The van der Waals surface area contributed by atoms with Crippen molar-refractivity contribution in [3.8, 4) is 0 Å². The van der Waals surface area contributed by atoms with Gasteiger partial charge in [-0.1, -0.05) is 48.5 Å². The average Bonchev–Trinajstić information content (AvgIpc) is 3.07. The molecule has 1 N–H and O–H groups in total. The van der Waals surface area contributed by atoms with E-state index in [0.717, 1.165) is 6.07 Å². The first-order valence-electron chi connectivity index (χ1n) is 8.65. The average molecular weight is 411 g/mol. The molecule has 0 unspecified atom stereocenters. The Labute approximate surface area is 163 Å². The highest BCUT2D eigenvalue weighted by molar-refractivity contribution is 5.71. The summed E-state index contributed by atoms with van der Waals surface area (Å²) in [6, 6.07) is 13.5. The smallest absolute Gasteiger partial charge is 0.415 e. The van der Waals surface area contributed by atoms with E-state index >= 15 is 0 Å². The number of aldehydes is 1. The third-order valence-electron chi connectivity index (χ3n) is 4.75. The Balaban J connectivity index is 1.91. The van der Waals surface area contributed by atoms with Gasteiger partial charge in [-0.2, -0.15) is 13.2 Å². The molecule has 3 rings (SSSR count). The second-order valence-electron chi connectivity index (χ2n) is 6.57. The summed E-state index contributed by atoms with van der Waals surface area (Å²) in [4.78, 5) is 24.0. The standard InChI is InChI=1S/C20H17F4NO4/c21-16-9-5-4-8-14(16)19(12-29-17(15(19)10-26)20(22,23)24)25-18(27)28-11-13-6-2-1-3-7-13/h1-10,15,17H,11-12H2,(H,25,27)/t15-,17+,19-/m1/s1. The van der Waals surface area contributed by atoms with Gasteiger partial charge >= 0.3 is 12.3 Å². The topological polar surface area (TPSA) is 64.6 Å². The van der Waals surface area contributed by atoms with Crippen LogP contribution in [0.5, 0.6) is 0 Å². The molecule has 1 aliphatic rings. The minimum absolute atomic E-state index is 0.0229. The van der Waals surface area contributed by atoms with Crippen LogP contribution in [0.1, 0.15) is 11.1 Å². The number of alkyl carbamates (subject to hydrolysis) is 1. The Kier molecular flexibility index (Phi) is 5.88. The lowest BCUT2D eigenvalue weighted by atomic mass is 9.78. The maximum absolute atomic E-state index is 14.5. The van der Waals surface area contributed by atoms with Crippen LogP contribution in [0.4, 0.5) is 22.4 Å². The van der Waals surface area contributed by atoms with Crippen LogP contribution in [0, 0.1) is 11.7 Å². The molecule has 1 heterocycles. The molecule has 3 atom stereocenters. The van der Waals surface area contributed by atoms with Crippen molar-refractivity contribution in [3.05, 3.63) is 71.5 Å². The third kappa shape index (κ3) is 4.24. The molecular formula is C20H17F4NO4. The van der Waals surface area contributed by atoms with Crippen LogP contribution in [0.25, 0.3) is 0 Å². The van der Waals surface area contributed by atoms with Crippen molar-refractivity contribution in [1.29, 1.82) is 0 Å². The summed E-state index contributed by atoms with van der Waals surface area (Å²) in [7, 11) is 0. The second kappa shape index (κ2) is 8.20. The van der Waals surface area contributed by atoms with Crippen molar-refractivity contribution >= 4 is 12.4 Å². The van der Waals surface area contributed by atoms with Crippen LogP contribution in [0.2, 0.25) is 0 Å². The number of carbonyl (C=O) groups excluding carboxylic acids is 2. The minimum atomic E-state index is -4.88. The highest BCUT2D eigenvalue weighted by Gasteiger charge is 2.61. The van der Waals surface area contributed by atoms with Gasteiger partial charge in [-0.3, -0.25) is 0 Å². The molecule has 0 saturated carbocycles. The van der Waals surface area contributed by atoms with E-state index < -0.39 is 42.3 Å². The molecule has 2 aromatic rings. The number of nitrogens with one attached hydrogen (secondary N) is 1. The van der Waals surface area contributed by atoms with Gasteiger partial charge in [-0.05, 0) is 11.6 Å². The van der Waals surface area contributed by atoms with Gasteiger partial charge in [0.2, 0.25) is 0 Å². The first kappa shape index (κ1) is 20.8. The molecule has 0 bridgehead atoms. The van der Waals surface area contributed by atoms with Gasteiger partial charge in [-0.15, -0.1) is 0 Å². The Morgan fingerprint density at radius 2 is 1.83 bits per heavy atom. The molecule has 0 radical (unpaired) electrons. The van der Waals surface area contributed by atoms with Crippen molar-refractivity contribution < 1.29 is 36.6 Å². The van der Waals surface area contributed by atoms with E-state index in [0.29, 0.717) is 5.56 Å². The van der Waals surface area contributed by atoms with Gasteiger partial charge in [0, 0.05) is 5.56 Å². The van der Waals surface area contributed by atoms with Crippen LogP contribution in [0.15, 0.2) is 54.6 Å². The van der Waals surface area contributed by atoms with Crippen molar-refractivity contribution in [2.24, 2.45) is 5.92 Å². The first-order valence-corrected chi connectivity index (χ1v) is 8.65. The third-order valence-corrected chi connectivity index (χ3v) is 4.75. The lowest BCUT2D eigenvalue weighted by Crippen LogP contribution is -2.54. The number of rotatable bonds is 5. The van der Waals surface area contributed by atoms with Crippen LogP contribution in [0.3, 0.4) is 0 Å². The quantitative estimate of drug-likeness (QED) is 0.602. The van der Waals surface area contributed by atoms with Crippen molar-refractivity contribution in [1.82, 2.24) is 5.32 Å². The number of halogens is 4. The second-order valence-corrected chi connectivity index (χ2v) is 6.57. The molecule has 1 amide bonds. The minimum Gasteiger partial charge on any atom is -0.445 e. The van der Waals surface area contributed by atoms with Gasteiger partial charge in [-0.25, -0.2) is 9.18 Å². The van der Waals surface area contributed by atoms with E-state index in [2.05, 4.69) is 5.32 Å². The molecule has 9 heteroatoms. The van der Waals surface area contributed by atoms with Crippen LogP contribution in [-0.2, 0) is 26.4 Å². The summed E-state index contributed by atoms with van der Waals surface area (Å²) in [5.74, 6) is -2.78. The van der Waals surface area contributed by atoms with E-state index in [1.165, 1.54) is 18.2 Å². The molecule has 0 aliphatic carbocycles.